The van der Waals surface area contributed by atoms with Gasteiger partial charge in [0.2, 0.25) is 0 Å². The number of nitrogens with zero attached hydrogens (tertiary/aromatic N) is 2. The van der Waals surface area contributed by atoms with Gasteiger partial charge in [0.25, 0.3) is 0 Å². The quantitative estimate of drug-likeness (QED) is 0.868. The minimum atomic E-state index is 0.452. The highest BCUT2D eigenvalue weighted by Crippen LogP contribution is 2.19. The van der Waals surface area contributed by atoms with Gasteiger partial charge in [-0.25, -0.2) is 0 Å². The second kappa shape index (κ2) is 7.92. The first kappa shape index (κ1) is 16.5. The fraction of sp³-hybridized carbons (Fsp3) is 0.667. The minimum Gasteiger partial charge on any atom is -0.309 e. The molecule has 3 nitrogen and oxygen atoms in total. The summed E-state index contributed by atoms with van der Waals surface area (Å²) in [6, 6.07) is 7.37. The van der Waals surface area contributed by atoms with Gasteiger partial charge in [-0.15, -0.1) is 0 Å². The van der Waals surface area contributed by atoms with E-state index in [-0.39, 0.29) is 0 Å². The summed E-state index contributed by atoms with van der Waals surface area (Å²) < 4.78 is 0. The molecule has 0 saturated carbocycles. The van der Waals surface area contributed by atoms with Crippen LogP contribution in [-0.2, 0) is 0 Å². The maximum absolute atomic E-state index is 3.74. The van der Waals surface area contributed by atoms with Gasteiger partial charge >= 0.3 is 0 Å². The van der Waals surface area contributed by atoms with E-state index in [0.29, 0.717) is 6.04 Å². The smallest absolute Gasteiger partial charge is 0.0449 e. The van der Waals surface area contributed by atoms with E-state index < -0.39 is 0 Å². The molecule has 2 rings (SSSR count). The Hall–Kier alpha value is -0.900. The summed E-state index contributed by atoms with van der Waals surface area (Å²) in [5.41, 5.74) is 4.22. The number of rotatable bonds is 6. The van der Waals surface area contributed by atoms with E-state index in [9.17, 15) is 0 Å². The zero-order chi connectivity index (χ0) is 15.2. The average molecular weight is 289 g/mol. The van der Waals surface area contributed by atoms with Crippen molar-refractivity contribution in [3.63, 3.8) is 0 Å². The van der Waals surface area contributed by atoms with Crippen LogP contribution in [0.3, 0.4) is 0 Å². The molecule has 1 N–H and O–H groups in total. The van der Waals surface area contributed by atoms with E-state index in [1.165, 1.54) is 49.3 Å². The molecule has 0 radical (unpaired) electrons. The predicted molar refractivity (Wildman–Crippen MR) is 90.9 cm³/mol. The fourth-order valence-electron chi connectivity index (χ4n) is 2.88. The lowest BCUT2D eigenvalue weighted by Crippen LogP contribution is -2.47. The third-order valence-corrected chi connectivity index (χ3v) is 4.61. The Kier molecular flexibility index (Phi) is 6.22. The van der Waals surface area contributed by atoms with E-state index in [1.807, 2.05) is 0 Å². The van der Waals surface area contributed by atoms with Crippen molar-refractivity contribution < 1.29 is 0 Å². The number of hydrogen-bond donors (Lipinski definition) is 1. The summed E-state index contributed by atoms with van der Waals surface area (Å²) in [6.45, 7) is 13.6. The van der Waals surface area contributed by atoms with E-state index in [2.05, 4.69) is 61.1 Å². The van der Waals surface area contributed by atoms with E-state index >= 15 is 0 Å². The highest BCUT2D eigenvalue weighted by atomic mass is 15.3. The van der Waals surface area contributed by atoms with Gasteiger partial charge in [0.1, 0.15) is 0 Å². The molecule has 1 fully saturated rings. The maximum Gasteiger partial charge on any atom is 0.0449 e. The number of benzene rings is 1. The maximum atomic E-state index is 3.74. The van der Waals surface area contributed by atoms with Crippen LogP contribution in [0, 0.1) is 13.8 Å². The molecule has 0 aromatic heterocycles. The van der Waals surface area contributed by atoms with E-state index in [4.69, 9.17) is 0 Å². The average Bonchev–Trinajstić information content (AvgIpc) is 2.48. The monoisotopic (exact) mass is 289 g/mol. The van der Waals surface area contributed by atoms with Crippen molar-refractivity contribution in [2.24, 2.45) is 0 Å². The second-order valence-electron chi connectivity index (χ2n) is 6.45. The number of likely N-dealkylation sites (N-methyl/N-ethyl adjacent to an activating group) is 1. The van der Waals surface area contributed by atoms with Gasteiger partial charge in [-0.3, -0.25) is 4.90 Å². The van der Waals surface area contributed by atoms with Crippen LogP contribution >= 0.6 is 0 Å². The van der Waals surface area contributed by atoms with E-state index in [1.54, 1.807) is 0 Å². The largest absolute Gasteiger partial charge is 0.309 e. The van der Waals surface area contributed by atoms with Gasteiger partial charge in [-0.2, -0.15) is 0 Å². The highest BCUT2D eigenvalue weighted by Gasteiger charge is 2.19. The molecule has 3 heteroatoms. The van der Waals surface area contributed by atoms with Gasteiger partial charge in [-0.05, 0) is 50.6 Å². The molecular weight excluding hydrogens is 258 g/mol. The van der Waals surface area contributed by atoms with Crippen molar-refractivity contribution in [1.29, 1.82) is 0 Å². The van der Waals surface area contributed by atoms with Crippen LogP contribution in [0.15, 0.2) is 18.2 Å². The van der Waals surface area contributed by atoms with Crippen LogP contribution in [0.5, 0.6) is 0 Å². The highest BCUT2D eigenvalue weighted by molar-refractivity contribution is 5.32. The minimum absolute atomic E-state index is 0.452. The first-order chi connectivity index (χ1) is 10.1. The summed E-state index contributed by atoms with van der Waals surface area (Å²) in [6.07, 6.45) is 1.18. The lowest BCUT2D eigenvalue weighted by molar-refractivity contribution is 0.142. The Bertz CT molecular complexity index is 436. The van der Waals surface area contributed by atoms with E-state index in [0.717, 1.165) is 13.1 Å². The van der Waals surface area contributed by atoms with Crippen molar-refractivity contribution in [2.45, 2.75) is 33.2 Å². The molecule has 1 aliphatic rings. The van der Waals surface area contributed by atoms with Crippen molar-refractivity contribution in [3.05, 3.63) is 34.9 Å². The molecule has 0 amide bonds. The molecular formula is C18H31N3. The van der Waals surface area contributed by atoms with Crippen molar-refractivity contribution in [2.75, 3.05) is 46.3 Å². The van der Waals surface area contributed by atoms with Crippen LogP contribution in [-0.4, -0.2) is 56.1 Å². The van der Waals surface area contributed by atoms with Gasteiger partial charge in [0.15, 0.2) is 0 Å². The number of piperazine rings is 1. The topological polar surface area (TPSA) is 18.5 Å². The molecule has 21 heavy (non-hydrogen) atoms. The normalized spacial score (nSPS) is 18.9. The zero-order valence-electron chi connectivity index (χ0n) is 14.2. The third-order valence-electron chi connectivity index (χ3n) is 4.61. The van der Waals surface area contributed by atoms with Crippen LogP contribution < -0.4 is 5.32 Å². The summed E-state index contributed by atoms with van der Waals surface area (Å²) >= 11 is 0. The first-order valence-corrected chi connectivity index (χ1v) is 8.31. The molecule has 1 aromatic carbocycles. The van der Waals surface area contributed by atoms with Crippen molar-refractivity contribution >= 4 is 0 Å². The molecule has 1 heterocycles. The fourth-order valence-corrected chi connectivity index (χ4v) is 2.88. The van der Waals surface area contributed by atoms with Gasteiger partial charge in [0.05, 0.1) is 0 Å². The summed E-state index contributed by atoms with van der Waals surface area (Å²) in [7, 11) is 2.22. The lowest BCUT2D eigenvalue weighted by atomic mass is 10.00. The summed E-state index contributed by atoms with van der Waals surface area (Å²) in [5.74, 6) is 0. The first-order valence-electron chi connectivity index (χ1n) is 8.31. The van der Waals surface area contributed by atoms with Gasteiger partial charge in [0, 0.05) is 38.8 Å². The Balaban J connectivity index is 2.04. The number of hydrogen-bond acceptors (Lipinski definition) is 3. The molecule has 1 saturated heterocycles. The van der Waals surface area contributed by atoms with Crippen molar-refractivity contribution in [3.8, 4) is 0 Å². The number of nitrogens with one attached hydrogen (secondary N) is 1. The van der Waals surface area contributed by atoms with Crippen molar-refractivity contribution in [1.82, 2.24) is 15.1 Å². The SMILES string of the molecule is CCCNC(CN1CCN(C)CC1)c1ccc(C)c(C)c1. The zero-order valence-corrected chi connectivity index (χ0v) is 14.2. The van der Waals surface area contributed by atoms with Crippen LogP contribution in [0.2, 0.25) is 0 Å². The molecule has 1 unspecified atom stereocenters. The summed E-state index contributed by atoms with van der Waals surface area (Å²) in [4.78, 5) is 5.02. The predicted octanol–water partition coefficient (Wildman–Crippen LogP) is 2.59. The van der Waals surface area contributed by atoms with Gasteiger partial charge in [-0.1, -0.05) is 25.1 Å². The molecule has 1 aromatic rings. The standard InChI is InChI=1S/C18H31N3/c1-5-8-19-18(14-21-11-9-20(4)10-12-21)17-7-6-15(2)16(3)13-17/h6-7,13,18-19H,5,8-12,14H2,1-4H3. The summed E-state index contributed by atoms with van der Waals surface area (Å²) in [5, 5.41) is 3.74. The molecule has 118 valence electrons. The Morgan fingerprint density at radius 2 is 1.81 bits per heavy atom. The van der Waals surface area contributed by atoms with Crippen LogP contribution in [0.4, 0.5) is 0 Å². The molecule has 1 aliphatic heterocycles. The van der Waals surface area contributed by atoms with Crippen LogP contribution in [0.25, 0.3) is 0 Å². The molecule has 0 spiro atoms. The Morgan fingerprint density at radius 1 is 1.10 bits per heavy atom. The molecule has 0 aliphatic carbocycles. The van der Waals surface area contributed by atoms with Gasteiger partial charge < -0.3 is 10.2 Å². The number of aryl methyl sites for hydroxylation is 2. The molecule has 1 atom stereocenters. The second-order valence-corrected chi connectivity index (χ2v) is 6.45. The Morgan fingerprint density at radius 3 is 2.43 bits per heavy atom. The third kappa shape index (κ3) is 4.80. The Labute approximate surface area is 130 Å². The lowest BCUT2D eigenvalue weighted by Gasteiger charge is -2.35. The molecule has 0 bridgehead atoms. The van der Waals surface area contributed by atoms with Crippen LogP contribution in [0.1, 0.15) is 36.1 Å².